The molecular weight excluding hydrogens is 308 g/mol. The van der Waals surface area contributed by atoms with E-state index in [1.807, 2.05) is 40.1 Å². The Morgan fingerprint density at radius 3 is 2.22 bits per heavy atom. The van der Waals surface area contributed by atoms with Crippen LogP contribution in [0.5, 0.6) is 0 Å². The van der Waals surface area contributed by atoms with E-state index in [0.717, 1.165) is 17.7 Å². The average Bonchev–Trinajstić information content (AvgIpc) is 3.15. The van der Waals surface area contributed by atoms with E-state index in [1.54, 1.807) is 11.8 Å². The van der Waals surface area contributed by atoms with Gasteiger partial charge in [0, 0.05) is 37.0 Å². The van der Waals surface area contributed by atoms with Gasteiger partial charge in [-0.25, -0.2) is 0 Å². The molecule has 2 amide bonds. The Kier molecular flexibility index (Phi) is 5.60. The molecule has 1 aliphatic carbocycles. The number of nitrogens with zero attached hydrogens (tertiary/aromatic N) is 2. The first-order valence-corrected chi connectivity index (χ1v) is 9.47. The summed E-state index contributed by atoms with van der Waals surface area (Å²) in [4.78, 5) is 29.7. The molecule has 5 heteroatoms. The summed E-state index contributed by atoms with van der Waals surface area (Å²) < 4.78 is 0. The third-order valence-electron chi connectivity index (χ3n) is 4.75. The number of hydrogen-bond acceptors (Lipinski definition) is 3. The Balaban J connectivity index is 1.43. The highest BCUT2D eigenvalue weighted by molar-refractivity contribution is 8.00. The summed E-state index contributed by atoms with van der Waals surface area (Å²) in [5.74, 6) is 1.20. The summed E-state index contributed by atoms with van der Waals surface area (Å²) >= 11 is 1.58. The summed E-state index contributed by atoms with van der Waals surface area (Å²) in [5, 5.41) is 0. The topological polar surface area (TPSA) is 40.6 Å². The lowest BCUT2D eigenvalue weighted by Crippen LogP contribution is -2.52. The van der Waals surface area contributed by atoms with Gasteiger partial charge in [0.05, 0.1) is 5.75 Å². The highest BCUT2D eigenvalue weighted by Crippen LogP contribution is 2.27. The lowest BCUT2D eigenvalue weighted by molar-refractivity contribution is -0.141. The first-order chi connectivity index (χ1) is 11.2. The van der Waals surface area contributed by atoms with Crippen molar-refractivity contribution in [2.24, 2.45) is 5.92 Å². The number of thioether (sulfide) groups is 1. The molecule has 23 heavy (non-hydrogen) atoms. The van der Waals surface area contributed by atoms with Crippen LogP contribution in [-0.2, 0) is 9.59 Å². The fourth-order valence-electron chi connectivity index (χ4n) is 3.36. The number of carbonyl (C=O) groups is 2. The van der Waals surface area contributed by atoms with Crippen LogP contribution in [0.25, 0.3) is 0 Å². The zero-order valence-electron chi connectivity index (χ0n) is 13.4. The molecule has 3 rings (SSSR count). The van der Waals surface area contributed by atoms with Gasteiger partial charge in [-0.15, -0.1) is 11.8 Å². The van der Waals surface area contributed by atoms with Crippen molar-refractivity contribution < 1.29 is 9.59 Å². The van der Waals surface area contributed by atoms with Crippen molar-refractivity contribution >= 4 is 23.6 Å². The largest absolute Gasteiger partial charge is 0.339 e. The number of amides is 2. The maximum Gasteiger partial charge on any atom is 0.233 e. The molecule has 2 fully saturated rings. The molecule has 2 aliphatic rings. The van der Waals surface area contributed by atoms with Crippen LogP contribution in [0.3, 0.4) is 0 Å². The average molecular weight is 332 g/mol. The van der Waals surface area contributed by atoms with Crippen molar-refractivity contribution in [1.82, 2.24) is 9.80 Å². The van der Waals surface area contributed by atoms with Crippen molar-refractivity contribution in [3.8, 4) is 0 Å². The lowest BCUT2D eigenvalue weighted by atomic mass is 10.1. The minimum Gasteiger partial charge on any atom is -0.339 e. The normalized spacial score (nSPS) is 19.1. The maximum atomic E-state index is 12.4. The number of benzene rings is 1. The van der Waals surface area contributed by atoms with E-state index >= 15 is 0 Å². The molecule has 0 unspecified atom stereocenters. The molecule has 4 nitrogen and oxygen atoms in total. The Bertz CT molecular complexity index is 535. The van der Waals surface area contributed by atoms with Gasteiger partial charge in [0.2, 0.25) is 11.8 Å². The zero-order valence-corrected chi connectivity index (χ0v) is 14.3. The fourth-order valence-corrected chi connectivity index (χ4v) is 4.18. The van der Waals surface area contributed by atoms with Crippen molar-refractivity contribution in [1.29, 1.82) is 0 Å². The van der Waals surface area contributed by atoms with E-state index < -0.39 is 0 Å². The molecule has 0 bridgehead atoms. The summed E-state index contributed by atoms with van der Waals surface area (Å²) in [6.45, 7) is 2.73. The molecule has 0 atom stereocenters. The van der Waals surface area contributed by atoms with E-state index in [1.165, 1.54) is 12.8 Å². The molecule has 1 heterocycles. The molecular formula is C18H24N2O2S. The standard InChI is InChI=1S/C18H24N2O2S/c21-17(14-23-16-8-2-1-3-9-16)19-10-12-20(13-11-19)18(22)15-6-4-5-7-15/h1-3,8-9,15H,4-7,10-14H2. The van der Waals surface area contributed by atoms with Crippen LogP contribution in [0.15, 0.2) is 35.2 Å². The Hall–Kier alpha value is -1.49. The van der Waals surface area contributed by atoms with Gasteiger partial charge in [0.1, 0.15) is 0 Å². The SMILES string of the molecule is O=C(CSc1ccccc1)N1CCN(C(=O)C2CCCC2)CC1. The van der Waals surface area contributed by atoms with Crippen LogP contribution in [0, 0.1) is 5.92 Å². The summed E-state index contributed by atoms with van der Waals surface area (Å²) in [6.07, 6.45) is 4.47. The summed E-state index contributed by atoms with van der Waals surface area (Å²) in [5.41, 5.74) is 0. The first-order valence-electron chi connectivity index (χ1n) is 8.48. The van der Waals surface area contributed by atoms with Gasteiger partial charge in [-0.2, -0.15) is 0 Å². The van der Waals surface area contributed by atoms with Crippen LogP contribution >= 0.6 is 11.8 Å². The molecule has 0 N–H and O–H groups in total. The molecule has 1 aromatic carbocycles. The second-order valence-corrected chi connectivity index (χ2v) is 7.34. The number of piperazine rings is 1. The van der Waals surface area contributed by atoms with Crippen molar-refractivity contribution in [3.63, 3.8) is 0 Å². The monoisotopic (exact) mass is 332 g/mol. The van der Waals surface area contributed by atoms with Crippen LogP contribution < -0.4 is 0 Å². The third-order valence-corrected chi connectivity index (χ3v) is 5.75. The molecule has 1 saturated carbocycles. The van der Waals surface area contributed by atoms with E-state index in [0.29, 0.717) is 37.8 Å². The lowest BCUT2D eigenvalue weighted by Gasteiger charge is -2.36. The van der Waals surface area contributed by atoms with Gasteiger partial charge in [-0.05, 0) is 25.0 Å². The summed E-state index contributed by atoms with van der Waals surface area (Å²) in [7, 11) is 0. The minimum atomic E-state index is 0.173. The fraction of sp³-hybridized carbons (Fsp3) is 0.556. The van der Waals surface area contributed by atoms with Gasteiger partial charge in [0.25, 0.3) is 0 Å². The van der Waals surface area contributed by atoms with E-state index in [9.17, 15) is 9.59 Å². The Labute approximate surface area is 142 Å². The van der Waals surface area contributed by atoms with Crippen LogP contribution in [0.2, 0.25) is 0 Å². The minimum absolute atomic E-state index is 0.173. The predicted octanol–water partition coefficient (Wildman–Crippen LogP) is 2.64. The van der Waals surface area contributed by atoms with Gasteiger partial charge in [-0.3, -0.25) is 9.59 Å². The van der Waals surface area contributed by atoms with Gasteiger partial charge < -0.3 is 9.80 Å². The van der Waals surface area contributed by atoms with Crippen molar-refractivity contribution in [2.75, 3.05) is 31.9 Å². The van der Waals surface area contributed by atoms with Gasteiger partial charge in [-0.1, -0.05) is 31.0 Å². The molecule has 124 valence electrons. The Morgan fingerprint density at radius 2 is 1.57 bits per heavy atom. The van der Waals surface area contributed by atoms with Crippen LogP contribution in [0.4, 0.5) is 0 Å². The van der Waals surface area contributed by atoms with Gasteiger partial charge >= 0.3 is 0 Å². The van der Waals surface area contributed by atoms with E-state index in [4.69, 9.17) is 0 Å². The molecule has 1 saturated heterocycles. The quantitative estimate of drug-likeness (QED) is 0.796. The molecule has 1 aromatic rings. The number of rotatable bonds is 4. The predicted molar refractivity (Wildman–Crippen MR) is 92.3 cm³/mol. The van der Waals surface area contributed by atoms with Crippen LogP contribution in [-0.4, -0.2) is 53.5 Å². The number of hydrogen-bond donors (Lipinski definition) is 0. The van der Waals surface area contributed by atoms with E-state index in [-0.39, 0.29) is 11.8 Å². The highest BCUT2D eigenvalue weighted by Gasteiger charge is 2.30. The smallest absolute Gasteiger partial charge is 0.233 e. The summed E-state index contributed by atoms with van der Waals surface area (Å²) in [6, 6.07) is 10.00. The second kappa shape index (κ2) is 7.86. The molecule has 0 aromatic heterocycles. The zero-order chi connectivity index (χ0) is 16.1. The molecule has 1 aliphatic heterocycles. The van der Waals surface area contributed by atoms with Crippen molar-refractivity contribution in [2.45, 2.75) is 30.6 Å². The van der Waals surface area contributed by atoms with Crippen molar-refractivity contribution in [3.05, 3.63) is 30.3 Å². The molecule has 0 radical (unpaired) electrons. The first kappa shape index (κ1) is 16.4. The Morgan fingerprint density at radius 1 is 0.957 bits per heavy atom. The van der Waals surface area contributed by atoms with E-state index in [2.05, 4.69) is 0 Å². The maximum absolute atomic E-state index is 12.4. The van der Waals surface area contributed by atoms with Gasteiger partial charge in [0.15, 0.2) is 0 Å². The second-order valence-electron chi connectivity index (χ2n) is 6.29. The highest BCUT2D eigenvalue weighted by atomic mass is 32.2. The third kappa shape index (κ3) is 4.28. The number of carbonyl (C=O) groups excluding carboxylic acids is 2. The molecule has 0 spiro atoms. The van der Waals surface area contributed by atoms with Crippen LogP contribution in [0.1, 0.15) is 25.7 Å².